The highest BCUT2D eigenvalue weighted by molar-refractivity contribution is 8.25. The molecule has 1 aromatic rings. The Balaban J connectivity index is 2.33. The van der Waals surface area contributed by atoms with Gasteiger partial charge < -0.3 is 4.74 Å². The molecule has 1 fully saturated rings. The van der Waals surface area contributed by atoms with Crippen molar-refractivity contribution in [1.82, 2.24) is 0 Å². The van der Waals surface area contributed by atoms with Crippen molar-refractivity contribution < 1.29 is 23.0 Å². The quantitative estimate of drug-likeness (QED) is 0.811. The lowest BCUT2D eigenvalue weighted by atomic mass is 10.2. The standard InChI is InChI=1S/C11H14FNO4S/c1-17-11(14)8-3-4-10(9(12)7-8)13-5-2-6-18(13,15)16/h3-4,7,15-16H,2,5-6H2,1H3. The van der Waals surface area contributed by atoms with Crippen LogP contribution in [0.4, 0.5) is 10.1 Å². The van der Waals surface area contributed by atoms with Crippen LogP contribution in [0.1, 0.15) is 16.8 Å². The number of carbonyl (C=O) groups is 1. The number of nitrogens with zero attached hydrogens (tertiary/aromatic N) is 1. The van der Waals surface area contributed by atoms with Gasteiger partial charge in [0.2, 0.25) is 0 Å². The molecule has 0 aliphatic carbocycles. The Morgan fingerprint density at radius 1 is 1.50 bits per heavy atom. The van der Waals surface area contributed by atoms with Gasteiger partial charge in [-0.05, 0) is 24.6 Å². The first-order chi connectivity index (χ1) is 8.45. The van der Waals surface area contributed by atoms with Crippen LogP contribution in [-0.4, -0.2) is 34.5 Å². The summed E-state index contributed by atoms with van der Waals surface area (Å²) in [5.74, 6) is -1.06. The third kappa shape index (κ3) is 2.29. The van der Waals surface area contributed by atoms with Crippen molar-refractivity contribution in [2.75, 3.05) is 23.7 Å². The molecule has 2 rings (SSSR count). The zero-order valence-corrected chi connectivity index (χ0v) is 10.6. The number of esters is 1. The number of methoxy groups -OCH3 is 1. The van der Waals surface area contributed by atoms with Crippen LogP contribution in [0.2, 0.25) is 0 Å². The first kappa shape index (κ1) is 13.1. The van der Waals surface area contributed by atoms with Gasteiger partial charge in [0, 0.05) is 6.54 Å². The summed E-state index contributed by atoms with van der Waals surface area (Å²) in [7, 11) is -1.71. The molecule has 18 heavy (non-hydrogen) atoms. The summed E-state index contributed by atoms with van der Waals surface area (Å²) in [6, 6.07) is 3.80. The van der Waals surface area contributed by atoms with Gasteiger partial charge in [-0.2, -0.15) is 0 Å². The summed E-state index contributed by atoms with van der Waals surface area (Å²) in [6.07, 6.45) is 0.598. The Hall–Kier alpha value is -1.31. The predicted octanol–water partition coefficient (Wildman–Crippen LogP) is 2.49. The predicted molar refractivity (Wildman–Crippen MR) is 67.4 cm³/mol. The average molecular weight is 275 g/mol. The fraction of sp³-hybridized carbons (Fsp3) is 0.364. The SMILES string of the molecule is COC(=O)c1ccc(N2CCCS2(O)O)c(F)c1. The number of halogens is 1. The molecule has 1 aromatic carbocycles. The molecule has 0 radical (unpaired) electrons. The molecule has 100 valence electrons. The number of anilines is 1. The first-order valence-corrected chi connectivity index (χ1v) is 7.04. The Morgan fingerprint density at radius 2 is 2.22 bits per heavy atom. The third-order valence-corrected chi connectivity index (χ3v) is 4.69. The second-order valence-corrected chi connectivity index (χ2v) is 6.06. The fourth-order valence-corrected chi connectivity index (χ4v) is 3.51. The summed E-state index contributed by atoms with van der Waals surface area (Å²) in [6.45, 7) is 0.386. The molecule has 1 saturated heterocycles. The van der Waals surface area contributed by atoms with Crippen LogP contribution < -0.4 is 4.31 Å². The van der Waals surface area contributed by atoms with E-state index in [2.05, 4.69) is 4.74 Å². The van der Waals surface area contributed by atoms with E-state index in [1.807, 2.05) is 0 Å². The molecule has 1 aliphatic rings. The van der Waals surface area contributed by atoms with Crippen molar-refractivity contribution in [2.24, 2.45) is 0 Å². The van der Waals surface area contributed by atoms with Crippen LogP contribution in [0.5, 0.6) is 0 Å². The molecule has 0 amide bonds. The largest absolute Gasteiger partial charge is 0.465 e. The number of carbonyl (C=O) groups excluding carboxylic acids is 1. The first-order valence-electron chi connectivity index (χ1n) is 5.37. The van der Waals surface area contributed by atoms with Crippen LogP contribution in [0.3, 0.4) is 0 Å². The van der Waals surface area contributed by atoms with Gasteiger partial charge in [-0.3, -0.25) is 13.4 Å². The highest BCUT2D eigenvalue weighted by atomic mass is 32.3. The number of rotatable bonds is 2. The van der Waals surface area contributed by atoms with Gasteiger partial charge in [0.1, 0.15) is 5.82 Å². The lowest BCUT2D eigenvalue weighted by Gasteiger charge is -2.38. The maximum absolute atomic E-state index is 13.9. The molecule has 0 aromatic heterocycles. The van der Waals surface area contributed by atoms with E-state index in [4.69, 9.17) is 0 Å². The zero-order valence-electron chi connectivity index (χ0n) is 9.80. The summed E-state index contributed by atoms with van der Waals surface area (Å²) >= 11 is 0. The normalized spacial score (nSPS) is 19.7. The summed E-state index contributed by atoms with van der Waals surface area (Å²) in [5.41, 5.74) is 0.189. The summed E-state index contributed by atoms with van der Waals surface area (Å²) in [4.78, 5) is 11.2. The maximum Gasteiger partial charge on any atom is 0.337 e. The van der Waals surface area contributed by atoms with Crippen LogP contribution in [-0.2, 0) is 4.74 Å². The highest BCUT2D eigenvalue weighted by Crippen LogP contribution is 2.51. The monoisotopic (exact) mass is 275 g/mol. The Labute approximate surface area is 106 Å². The number of hydrogen-bond donors (Lipinski definition) is 2. The van der Waals surface area contributed by atoms with Crippen molar-refractivity contribution in [3.05, 3.63) is 29.6 Å². The Kier molecular flexibility index (Phi) is 3.47. The average Bonchev–Trinajstić information content (AvgIpc) is 2.68. The number of hydrogen-bond acceptors (Lipinski definition) is 5. The van der Waals surface area contributed by atoms with Crippen LogP contribution in [0.25, 0.3) is 0 Å². The van der Waals surface area contributed by atoms with Crippen molar-refractivity contribution in [2.45, 2.75) is 6.42 Å². The number of benzene rings is 1. The van der Waals surface area contributed by atoms with Crippen molar-refractivity contribution >= 4 is 22.4 Å². The molecule has 2 N–H and O–H groups in total. The lowest BCUT2D eigenvalue weighted by molar-refractivity contribution is 0.0600. The van der Waals surface area contributed by atoms with Gasteiger partial charge in [0.05, 0.1) is 24.1 Å². The molecule has 0 atom stereocenters. The Morgan fingerprint density at radius 3 is 2.72 bits per heavy atom. The molecule has 0 unspecified atom stereocenters. The van der Waals surface area contributed by atoms with E-state index < -0.39 is 22.6 Å². The Bertz CT molecular complexity index is 480. The second-order valence-electron chi connectivity index (χ2n) is 3.95. The zero-order chi connectivity index (χ0) is 13.3. The molecule has 0 bridgehead atoms. The minimum absolute atomic E-state index is 0.0921. The van der Waals surface area contributed by atoms with E-state index in [1.165, 1.54) is 23.5 Å². The molecule has 0 saturated carbocycles. The van der Waals surface area contributed by atoms with Crippen molar-refractivity contribution in [3.8, 4) is 0 Å². The molecule has 1 heterocycles. The molecular weight excluding hydrogens is 261 g/mol. The topological polar surface area (TPSA) is 70.0 Å². The smallest absolute Gasteiger partial charge is 0.337 e. The fourth-order valence-electron chi connectivity index (χ4n) is 1.89. The van der Waals surface area contributed by atoms with Crippen molar-refractivity contribution in [3.63, 3.8) is 0 Å². The van der Waals surface area contributed by atoms with Gasteiger partial charge in [0.25, 0.3) is 0 Å². The van der Waals surface area contributed by atoms with E-state index in [9.17, 15) is 18.3 Å². The van der Waals surface area contributed by atoms with Gasteiger partial charge >= 0.3 is 5.97 Å². The van der Waals surface area contributed by atoms with Gasteiger partial charge in [-0.25, -0.2) is 9.18 Å². The van der Waals surface area contributed by atoms with Crippen LogP contribution >= 0.6 is 10.8 Å². The van der Waals surface area contributed by atoms with Gasteiger partial charge in [-0.15, -0.1) is 10.8 Å². The summed E-state index contributed by atoms with van der Waals surface area (Å²) < 4.78 is 39.1. The molecular formula is C11H14FNO4S. The van der Waals surface area contributed by atoms with E-state index in [0.29, 0.717) is 13.0 Å². The third-order valence-electron chi connectivity index (χ3n) is 2.77. The lowest BCUT2D eigenvalue weighted by Crippen LogP contribution is -2.23. The van der Waals surface area contributed by atoms with E-state index in [0.717, 1.165) is 6.07 Å². The molecule has 7 heteroatoms. The van der Waals surface area contributed by atoms with E-state index in [1.54, 1.807) is 0 Å². The van der Waals surface area contributed by atoms with E-state index in [-0.39, 0.29) is 17.0 Å². The van der Waals surface area contributed by atoms with Crippen LogP contribution in [0.15, 0.2) is 18.2 Å². The maximum atomic E-state index is 13.9. The minimum atomic E-state index is -2.92. The minimum Gasteiger partial charge on any atom is -0.465 e. The van der Waals surface area contributed by atoms with Gasteiger partial charge in [0.15, 0.2) is 0 Å². The van der Waals surface area contributed by atoms with Gasteiger partial charge in [-0.1, -0.05) is 0 Å². The molecule has 0 spiro atoms. The van der Waals surface area contributed by atoms with E-state index >= 15 is 0 Å². The van der Waals surface area contributed by atoms with Crippen LogP contribution in [0, 0.1) is 5.82 Å². The summed E-state index contributed by atoms with van der Waals surface area (Å²) in [5, 5.41) is 0. The highest BCUT2D eigenvalue weighted by Gasteiger charge is 2.31. The molecule has 1 aliphatic heterocycles. The van der Waals surface area contributed by atoms with Crippen molar-refractivity contribution in [1.29, 1.82) is 0 Å². The number of ether oxygens (including phenoxy) is 1. The second kappa shape index (κ2) is 4.75. The molecule has 5 nitrogen and oxygen atoms in total.